The molecule has 0 radical (unpaired) electrons. The van der Waals surface area contributed by atoms with Gasteiger partial charge < -0.3 is 20.8 Å². The lowest BCUT2D eigenvalue weighted by molar-refractivity contribution is -0.0303. The third-order valence-electron chi connectivity index (χ3n) is 10.0. The average Bonchev–Trinajstić information content (AvgIpc) is 3.59. The number of anilines is 1. The van der Waals surface area contributed by atoms with E-state index in [2.05, 4.69) is 4.98 Å². The molecule has 1 spiro atoms. The predicted octanol–water partition coefficient (Wildman–Crippen LogP) is 4.15. The van der Waals surface area contributed by atoms with E-state index in [4.69, 9.17) is 21.2 Å². The van der Waals surface area contributed by atoms with Crippen molar-refractivity contribution in [3.8, 4) is 17.3 Å². The second-order valence-corrected chi connectivity index (χ2v) is 14.4. The van der Waals surface area contributed by atoms with Gasteiger partial charge in [-0.3, -0.25) is 9.20 Å². The number of methoxy groups -OCH3 is 1. The molecule has 3 aliphatic rings. The first-order valence-electron chi connectivity index (χ1n) is 14.8. The van der Waals surface area contributed by atoms with Crippen LogP contribution in [0.3, 0.4) is 0 Å². The molecule has 7 rings (SSSR count). The van der Waals surface area contributed by atoms with Crippen LogP contribution in [0.25, 0.3) is 28.1 Å². The summed E-state index contributed by atoms with van der Waals surface area (Å²) in [6.45, 7) is -0.808. The number of primary amides is 1. The van der Waals surface area contributed by atoms with Crippen LogP contribution in [0.5, 0.6) is 5.88 Å². The van der Waals surface area contributed by atoms with Crippen LogP contribution >= 0.6 is 0 Å². The van der Waals surface area contributed by atoms with E-state index in [0.717, 1.165) is 56.0 Å². The van der Waals surface area contributed by atoms with Crippen LogP contribution in [0.15, 0.2) is 24.3 Å². The number of hydrogen-bond acceptors (Lipinski definition) is 7. The van der Waals surface area contributed by atoms with Crippen molar-refractivity contribution >= 4 is 38.4 Å². The van der Waals surface area contributed by atoms with Crippen molar-refractivity contribution in [1.82, 2.24) is 18.9 Å². The minimum atomic E-state index is -4.28. The maximum absolute atomic E-state index is 13.9. The molecule has 11 nitrogen and oxygen atoms in total. The Bertz CT molecular complexity index is 1950. The number of imidazole rings is 1. The quantitative estimate of drug-likeness (QED) is 0.265. The first kappa shape index (κ1) is 29.0. The minimum absolute atomic E-state index is 0.0235. The summed E-state index contributed by atoms with van der Waals surface area (Å²) in [5.41, 5.74) is 16.4. The Kier molecular flexibility index (Phi) is 6.49. The van der Waals surface area contributed by atoms with Crippen LogP contribution in [-0.4, -0.2) is 59.2 Å². The molecular formula is C30H35F2N7O4S. The summed E-state index contributed by atoms with van der Waals surface area (Å²) in [6, 6.07) is 6.53. The van der Waals surface area contributed by atoms with Crippen LogP contribution in [0, 0.1) is 18.3 Å². The highest BCUT2D eigenvalue weighted by molar-refractivity contribution is 7.92. The molecule has 3 aliphatic carbocycles. The zero-order valence-electron chi connectivity index (χ0n) is 24.8. The van der Waals surface area contributed by atoms with Gasteiger partial charge in [0, 0.05) is 23.5 Å². The molecule has 0 bridgehead atoms. The van der Waals surface area contributed by atoms with Crippen LogP contribution in [-0.2, 0) is 16.6 Å². The zero-order valence-corrected chi connectivity index (χ0v) is 25.6. The van der Waals surface area contributed by atoms with Crippen molar-refractivity contribution in [1.29, 1.82) is 0 Å². The molecule has 44 heavy (non-hydrogen) atoms. The Labute approximate surface area is 253 Å². The first-order valence-corrected chi connectivity index (χ1v) is 16.6. The van der Waals surface area contributed by atoms with Gasteiger partial charge in [-0.05, 0) is 80.5 Å². The smallest absolute Gasteiger partial charge is 0.329 e. The van der Waals surface area contributed by atoms with E-state index in [1.54, 1.807) is 19.2 Å². The van der Waals surface area contributed by atoms with E-state index in [0.29, 0.717) is 52.0 Å². The van der Waals surface area contributed by atoms with E-state index >= 15 is 0 Å². The van der Waals surface area contributed by atoms with Crippen molar-refractivity contribution in [2.24, 2.45) is 22.8 Å². The molecule has 0 saturated heterocycles. The zero-order chi connectivity index (χ0) is 31.3. The second kappa shape index (κ2) is 9.86. The molecule has 14 heteroatoms. The van der Waals surface area contributed by atoms with E-state index < -0.39 is 22.5 Å². The normalized spacial score (nSPS) is 21.2. The maximum Gasteiger partial charge on any atom is 0.329 e. The Morgan fingerprint density at radius 2 is 1.95 bits per heavy atom. The molecule has 1 amide bonds. The Hall–Kier alpha value is -3.78. The van der Waals surface area contributed by atoms with Crippen LogP contribution in [0.4, 0.5) is 14.6 Å². The fourth-order valence-corrected chi connectivity index (χ4v) is 8.16. The number of nitrogens with zero attached hydrogens (tertiary/aromatic N) is 5. The number of fused-ring (bicyclic) bond motifs is 2. The summed E-state index contributed by atoms with van der Waals surface area (Å²) in [5, 5.41) is 0.657. The molecule has 4 aromatic rings. The number of pyridine rings is 2. The number of carbonyl (C=O) groups excluding carboxylic acids is 1. The van der Waals surface area contributed by atoms with Crippen LogP contribution < -0.4 is 20.5 Å². The molecular weight excluding hydrogens is 592 g/mol. The van der Waals surface area contributed by atoms with Gasteiger partial charge in [0.05, 0.1) is 30.3 Å². The molecule has 0 aromatic carbocycles. The van der Waals surface area contributed by atoms with Gasteiger partial charge in [0.2, 0.25) is 21.8 Å². The summed E-state index contributed by atoms with van der Waals surface area (Å²) in [4.78, 5) is 22.2. The summed E-state index contributed by atoms with van der Waals surface area (Å²) >= 11 is 0. The molecule has 2 atom stereocenters. The van der Waals surface area contributed by atoms with Gasteiger partial charge in [0.25, 0.3) is 0 Å². The van der Waals surface area contributed by atoms with Gasteiger partial charge in [-0.2, -0.15) is 13.1 Å². The van der Waals surface area contributed by atoms with Crippen molar-refractivity contribution in [3.63, 3.8) is 0 Å². The third kappa shape index (κ3) is 4.20. The van der Waals surface area contributed by atoms with E-state index in [1.165, 1.54) is 6.07 Å². The van der Waals surface area contributed by atoms with Crippen molar-refractivity contribution < 1.29 is 26.7 Å². The van der Waals surface area contributed by atoms with Crippen molar-refractivity contribution in [3.05, 3.63) is 41.1 Å². The SMILES string of the molecule is COc1c(C2CC(N)C23CCC3)c(C(N)=O)cc2nc(-c3cc4ccc(N(C(F)F)S(C)(=O)=O)nc4n3CC3CC3)c(C)n12. The number of alkyl halides is 2. The topological polar surface area (TPSA) is 151 Å². The molecule has 0 aliphatic heterocycles. The summed E-state index contributed by atoms with van der Waals surface area (Å²) in [7, 11) is -2.71. The standard InChI is InChI=1S/C30H35F2N7O4S/c1-15-25(20-11-17-7-8-22(39(29(31)32)44(3,41)42)36-27(17)37(20)14-16-5-6-16)35-23-12-18(26(34)40)24(28(43-2)38(15)23)19-13-21(33)30(19)9-4-10-30/h7-8,11-12,16,19,21,29H,4-6,9-10,13-14,33H2,1-3H3,(H2,34,40). The molecule has 3 saturated carbocycles. The Morgan fingerprint density at radius 3 is 2.50 bits per heavy atom. The summed E-state index contributed by atoms with van der Waals surface area (Å²) in [5.74, 6) is -0.00887. The summed E-state index contributed by atoms with van der Waals surface area (Å²) < 4.78 is 62.0. The fraction of sp³-hybridized carbons (Fsp3) is 0.500. The van der Waals surface area contributed by atoms with Gasteiger partial charge in [-0.1, -0.05) is 6.42 Å². The van der Waals surface area contributed by atoms with Crippen LogP contribution in [0.2, 0.25) is 0 Å². The second-order valence-electron chi connectivity index (χ2n) is 12.6. The van der Waals surface area contributed by atoms with Gasteiger partial charge in [-0.25, -0.2) is 18.4 Å². The van der Waals surface area contributed by atoms with Crippen molar-refractivity contribution in [2.75, 3.05) is 17.7 Å². The number of aryl methyl sites for hydroxylation is 1. The van der Waals surface area contributed by atoms with Gasteiger partial charge in [-0.15, -0.1) is 0 Å². The summed E-state index contributed by atoms with van der Waals surface area (Å²) in [6.07, 6.45) is 6.56. The number of sulfonamides is 1. The fourth-order valence-electron chi connectivity index (χ4n) is 7.43. The number of aromatic nitrogens is 4. The lowest BCUT2D eigenvalue weighted by Gasteiger charge is -2.61. The average molecular weight is 628 g/mol. The van der Waals surface area contributed by atoms with Gasteiger partial charge >= 0.3 is 6.55 Å². The molecule has 4 aromatic heterocycles. The van der Waals surface area contributed by atoms with Gasteiger partial charge in [0.1, 0.15) is 22.8 Å². The molecule has 2 unspecified atom stereocenters. The lowest BCUT2D eigenvalue weighted by Crippen LogP contribution is -2.60. The van der Waals surface area contributed by atoms with E-state index in [1.807, 2.05) is 22.0 Å². The Balaban J connectivity index is 1.43. The van der Waals surface area contributed by atoms with E-state index in [9.17, 15) is 22.0 Å². The number of ether oxygens (including phenoxy) is 1. The van der Waals surface area contributed by atoms with Crippen molar-refractivity contribution in [2.45, 2.75) is 70.5 Å². The van der Waals surface area contributed by atoms with Crippen LogP contribution in [0.1, 0.15) is 66.1 Å². The number of amides is 1. The number of nitrogens with two attached hydrogens (primary N) is 2. The highest BCUT2D eigenvalue weighted by Crippen LogP contribution is 2.64. The number of rotatable bonds is 9. The largest absolute Gasteiger partial charge is 0.482 e. The first-order chi connectivity index (χ1) is 20.9. The third-order valence-corrected chi connectivity index (χ3v) is 11.1. The maximum atomic E-state index is 13.9. The molecule has 234 valence electrons. The minimum Gasteiger partial charge on any atom is -0.482 e. The number of hydrogen-bond donors (Lipinski definition) is 2. The van der Waals surface area contributed by atoms with E-state index in [-0.39, 0.29) is 27.5 Å². The predicted molar refractivity (Wildman–Crippen MR) is 161 cm³/mol. The monoisotopic (exact) mass is 627 g/mol. The highest BCUT2D eigenvalue weighted by atomic mass is 32.2. The molecule has 4 N–H and O–H groups in total. The van der Waals surface area contributed by atoms with Gasteiger partial charge in [0.15, 0.2) is 0 Å². The highest BCUT2D eigenvalue weighted by Gasteiger charge is 2.58. The lowest BCUT2D eigenvalue weighted by atomic mass is 9.45. The number of halogens is 2. The molecule has 4 heterocycles. The Morgan fingerprint density at radius 1 is 1.23 bits per heavy atom. The number of carbonyl (C=O) groups is 1. The molecule has 3 fully saturated rings.